The Kier molecular flexibility index (Phi) is 2.74. The van der Waals surface area contributed by atoms with Crippen molar-refractivity contribution in [1.29, 1.82) is 0 Å². The Labute approximate surface area is 109 Å². The first-order valence-electron chi connectivity index (χ1n) is 5.53. The number of nitrogens with two attached hydrogens (primary N) is 1. The highest BCUT2D eigenvalue weighted by Gasteiger charge is 2.12. The van der Waals surface area contributed by atoms with Gasteiger partial charge in [-0.05, 0) is 30.0 Å². The molecule has 0 saturated carbocycles. The highest BCUT2D eigenvalue weighted by molar-refractivity contribution is 7.26. The number of benzene rings is 1. The molecule has 1 nitrogen and oxygen atoms in total. The SMILES string of the molecule is Cc1ccc(C(N)c2cc3sccc3s2)cc1. The van der Waals surface area contributed by atoms with Crippen LogP contribution in [0.5, 0.6) is 0 Å². The van der Waals surface area contributed by atoms with Crippen LogP contribution in [0.25, 0.3) is 9.40 Å². The van der Waals surface area contributed by atoms with Crippen LogP contribution in [0.3, 0.4) is 0 Å². The molecular weight excluding hydrogens is 246 g/mol. The summed E-state index contributed by atoms with van der Waals surface area (Å²) in [4.78, 5) is 1.25. The van der Waals surface area contributed by atoms with E-state index in [4.69, 9.17) is 5.73 Å². The van der Waals surface area contributed by atoms with Crippen molar-refractivity contribution in [2.24, 2.45) is 5.73 Å². The van der Waals surface area contributed by atoms with Gasteiger partial charge in [0.25, 0.3) is 0 Å². The highest BCUT2D eigenvalue weighted by Crippen LogP contribution is 2.34. The molecule has 2 aromatic heterocycles. The maximum atomic E-state index is 6.30. The summed E-state index contributed by atoms with van der Waals surface area (Å²) < 4.78 is 2.68. The van der Waals surface area contributed by atoms with Gasteiger partial charge >= 0.3 is 0 Å². The Balaban J connectivity index is 1.98. The molecule has 86 valence electrons. The van der Waals surface area contributed by atoms with Crippen LogP contribution in [0.15, 0.2) is 41.8 Å². The predicted octanol–water partition coefficient (Wildman–Crippen LogP) is 4.32. The molecule has 0 aliphatic carbocycles. The van der Waals surface area contributed by atoms with E-state index in [1.165, 1.54) is 25.4 Å². The van der Waals surface area contributed by atoms with Crippen LogP contribution in [-0.2, 0) is 0 Å². The molecule has 0 radical (unpaired) electrons. The standard InChI is InChI=1S/C14H13NS2/c1-9-2-4-10(5-3-9)14(15)13-8-12-11(17-13)6-7-16-12/h2-8,14H,15H2,1H3. The molecule has 1 atom stereocenters. The summed E-state index contributed by atoms with van der Waals surface area (Å²) >= 11 is 3.57. The lowest BCUT2D eigenvalue weighted by atomic mass is 10.0. The van der Waals surface area contributed by atoms with Crippen molar-refractivity contribution in [3.05, 3.63) is 57.8 Å². The van der Waals surface area contributed by atoms with Crippen LogP contribution in [0.2, 0.25) is 0 Å². The Morgan fingerprint density at radius 2 is 1.82 bits per heavy atom. The van der Waals surface area contributed by atoms with Crippen molar-refractivity contribution >= 4 is 32.1 Å². The largest absolute Gasteiger partial charge is 0.320 e. The summed E-state index contributed by atoms with van der Waals surface area (Å²) in [5, 5.41) is 2.13. The van der Waals surface area contributed by atoms with Crippen LogP contribution in [0.1, 0.15) is 22.0 Å². The third kappa shape index (κ3) is 2.02. The van der Waals surface area contributed by atoms with Crippen molar-refractivity contribution < 1.29 is 0 Å². The zero-order valence-electron chi connectivity index (χ0n) is 9.51. The van der Waals surface area contributed by atoms with Crippen molar-refractivity contribution in [3.8, 4) is 0 Å². The maximum absolute atomic E-state index is 6.30. The minimum absolute atomic E-state index is 0.000185. The molecule has 1 aromatic carbocycles. The molecule has 2 heterocycles. The van der Waals surface area contributed by atoms with Crippen molar-refractivity contribution in [3.63, 3.8) is 0 Å². The molecule has 3 aromatic rings. The van der Waals surface area contributed by atoms with Gasteiger partial charge in [0.2, 0.25) is 0 Å². The number of fused-ring (bicyclic) bond motifs is 1. The molecule has 1 unspecified atom stereocenters. The van der Waals surface area contributed by atoms with Crippen molar-refractivity contribution in [2.75, 3.05) is 0 Å². The molecule has 3 heteroatoms. The number of aryl methyl sites for hydroxylation is 1. The molecule has 0 aliphatic rings. The number of rotatable bonds is 2. The highest BCUT2D eigenvalue weighted by atomic mass is 32.1. The van der Waals surface area contributed by atoms with Gasteiger partial charge < -0.3 is 5.73 Å². The monoisotopic (exact) mass is 259 g/mol. The zero-order chi connectivity index (χ0) is 11.8. The van der Waals surface area contributed by atoms with Crippen LogP contribution in [0.4, 0.5) is 0 Å². The lowest BCUT2D eigenvalue weighted by molar-refractivity contribution is 0.893. The summed E-state index contributed by atoms with van der Waals surface area (Å²) in [6.07, 6.45) is 0. The topological polar surface area (TPSA) is 26.0 Å². The molecule has 0 saturated heterocycles. The Bertz CT molecular complexity index is 605. The quantitative estimate of drug-likeness (QED) is 0.728. The second-order valence-corrected chi connectivity index (χ2v) is 6.25. The lowest BCUT2D eigenvalue weighted by Crippen LogP contribution is -2.09. The van der Waals surface area contributed by atoms with Crippen LogP contribution in [0, 0.1) is 6.92 Å². The van der Waals surface area contributed by atoms with Gasteiger partial charge in [-0.1, -0.05) is 29.8 Å². The summed E-state index contributed by atoms with van der Waals surface area (Å²) in [5.74, 6) is 0. The molecule has 0 bridgehead atoms. The number of hydrogen-bond acceptors (Lipinski definition) is 3. The fourth-order valence-electron chi connectivity index (χ4n) is 1.88. The van der Waals surface area contributed by atoms with E-state index in [1.807, 2.05) is 0 Å². The van der Waals surface area contributed by atoms with Gasteiger partial charge in [-0.2, -0.15) is 0 Å². The molecule has 2 N–H and O–H groups in total. The van der Waals surface area contributed by atoms with Gasteiger partial charge in [0.1, 0.15) is 0 Å². The Morgan fingerprint density at radius 1 is 1.06 bits per heavy atom. The van der Waals surface area contributed by atoms with E-state index in [-0.39, 0.29) is 6.04 Å². The second kappa shape index (κ2) is 4.26. The fraction of sp³-hybridized carbons (Fsp3) is 0.143. The summed E-state index contributed by atoms with van der Waals surface area (Å²) in [6.45, 7) is 2.09. The third-order valence-electron chi connectivity index (χ3n) is 2.90. The molecule has 3 rings (SSSR count). The molecule has 0 amide bonds. The first-order valence-corrected chi connectivity index (χ1v) is 7.23. The van der Waals surface area contributed by atoms with E-state index in [9.17, 15) is 0 Å². The molecule has 0 spiro atoms. The Morgan fingerprint density at radius 3 is 2.53 bits per heavy atom. The second-order valence-electron chi connectivity index (χ2n) is 4.19. The molecule has 0 fully saturated rings. The third-order valence-corrected chi connectivity index (χ3v) is 5.08. The normalized spacial score (nSPS) is 13.1. The van der Waals surface area contributed by atoms with Gasteiger partial charge in [-0.25, -0.2) is 0 Å². The van der Waals surface area contributed by atoms with Crippen LogP contribution >= 0.6 is 22.7 Å². The first-order chi connectivity index (χ1) is 8.24. The molecule has 0 aliphatic heterocycles. The van der Waals surface area contributed by atoms with Crippen LogP contribution in [-0.4, -0.2) is 0 Å². The lowest BCUT2D eigenvalue weighted by Gasteiger charge is -2.09. The number of thiophene rings is 2. The minimum atomic E-state index is 0.000185. The van der Waals surface area contributed by atoms with E-state index < -0.39 is 0 Å². The van der Waals surface area contributed by atoms with Gasteiger partial charge in [0, 0.05) is 14.3 Å². The number of hydrogen-bond donors (Lipinski definition) is 1. The fourth-order valence-corrected chi connectivity index (χ4v) is 4.03. The summed E-state index contributed by atoms with van der Waals surface area (Å²) in [6, 6.07) is 12.9. The van der Waals surface area contributed by atoms with E-state index in [2.05, 4.69) is 48.7 Å². The van der Waals surface area contributed by atoms with Gasteiger partial charge in [0.15, 0.2) is 0 Å². The van der Waals surface area contributed by atoms with Crippen molar-refractivity contribution in [1.82, 2.24) is 0 Å². The van der Waals surface area contributed by atoms with E-state index in [0.29, 0.717) is 0 Å². The van der Waals surface area contributed by atoms with Gasteiger partial charge in [-0.15, -0.1) is 22.7 Å². The Hall–Kier alpha value is -1.16. The predicted molar refractivity (Wildman–Crippen MR) is 76.9 cm³/mol. The van der Waals surface area contributed by atoms with E-state index >= 15 is 0 Å². The smallest absolute Gasteiger partial charge is 0.0646 e. The molecule has 17 heavy (non-hydrogen) atoms. The first kappa shape index (κ1) is 11.0. The van der Waals surface area contributed by atoms with Crippen LogP contribution < -0.4 is 5.73 Å². The average molecular weight is 259 g/mol. The van der Waals surface area contributed by atoms with Gasteiger partial charge in [0.05, 0.1) is 6.04 Å². The zero-order valence-corrected chi connectivity index (χ0v) is 11.1. The minimum Gasteiger partial charge on any atom is -0.320 e. The van der Waals surface area contributed by atoms with E-state index in [1.54, 1.807) is 22.7 Å². The maximum Gasteiger partial charge on any atom is 0.0646 e. The average Bonchev–Trinajstić information content (AvgIpc) is 2.89. The van der Waals surface area contributed by atoms with Gasteiger partial charge in [-0.3, -0.25) is 0 Å². The van der Waals surface area contributed by atoms with Crippen molar-refractivity contribution in [2.45, 2.75) is 13.0 Å². The summed E-state index contributed by atoms with van der Waals surface area (Å²) in [7, 11) is 0. The summed E-state index contributed by atoms with van der Waals surface area (Å²) in [5.41, 5.74) is 8.76. The molecular formula is C14H13NS2. The van der Waals surface area contributed by atoms with E-state index in [0.717, 1.165) is 0 Å².